The number of ether oxygens (including phenoxy) is 1. The van der Waals surface area contributed by atoms with Gasteiger partial charge in [0.2, 0.25) is 0 Å². The quantitative estimate of drug-likeness (QED) is 0.272. The van der Waals surface area contributed by atoms with Gasteiger partial charge in [0.25, 0.3) is 0 Å². The number of alkyl halides is 1. The first-order valence-corrected chi connectivity index (χ1v) is 12.6. The molecule has 0 bridgehead atoms. The summed E-state index contributed by atoms with van der Waals surface area (Å²) in [6, 6.07) is 17.0. The topological polar surface area (TPSA) is 26.3 Å². The number of allylic oxidation sites excluding steroid dienone is 1. The third-order valence-corrected chi connectivity index (χ3v) is 7.76. The lowest BCUT2D eigenvalue weighted by Gasteiger charge is -2.17. The van der Waals surface area contributed by atoms with E-state index in [1.807, 2.05) is 51.1 Å². The summed E-state index contributed by atoms with van der Waals surface area (Å²) in [6.45, 7) is 7.75. The average Bonchev–Trinajstić information content (AvgIpc) is 3.39. The fourth-order valence-corrected chi connectivity index (χ4v) is 5.09. The molecule has 0 heterocycles. The first-order valence-electron chi connectivity index (χ1n) is 11.8. The van der Waals surface area contributed by atoms with E-state index in [9.17, 15) is 13.6 Å². The van der Waals surface area contributed by atoms with E-state index in [0.717, 1.165) is 28.2 Å². The fourth-order valence-electron chi connectivity index (χ4n) is 4.54. The van der Waals surface area contributed by atoms with Gasteiger partial charge in [-0.05, 0) is 66.1 Å². The predicted octanol–water partition coefficient (Wildman–Crippen LogP) is 8.64. The summed E-state index contributed by atoms with van der Waals surface area (Å²) in [5.74, 6) is -1.90. The molecule has 0 amide bonds. The van der Waals surface area contributed by atoms with Crippen LogP contribution in [0.25, 0.3) is 4.48 Å². The number of hydrogen-bond acceptors (Lipinski definition) is 2. The van der Waals surface area contributed by atoms with Crippen molar-refractivity contribution in [2.24, 2.45) is 17.3 Å². The fraction of sp³-hybridized carbons (Fsp3) is 0.300. The standard InChI is InChI=1S/C30H28BrF3O2/c1-17-5-7-19(8-6-17)25(31)16-24-27(30(24,3)4)29(35)36-18(2)21-11-14-26(33)23(15-21)28(34)20-9-12-22(32)13-10-20/h5-16,18,24,27-28H,1-4H3. The van der Waals surface area contributed by atoms with Crippen LogP contribution in [0.1, 0.15) is 60.9 Å². The molecule has 4 unspecified atom stereocenters. The minimum absolute atomic E-state index is 0.00893. The molecule has 1 saturated carbocycles. The smallest absolute Gasteiger partial charge is 0.310 e. The summed E-state index contributed by atoms with van der Waals surface area (Å²) < 4.78 is 49.4. The second-order valence-electron chi connectivity index (χ2n) is 9.98. The number of benzene rings is 3. The number of carbonyl (C=O) groups excluding carboxylic acids is 1. The summed E-state index contributed by atoms with van der Waals surface area (Å²) in [7, 11) is 0. The van der Waals surface area contributed by atoms with Crippen molar-refractivity contribution in [3.63, 3.8) is 0 Å². The third-order valence-electron chi connectivity index (χ3n) is 7.04. The lowest BCUT2D eigenvalue weighted by Crippen LogP contribution is -2.14. The van der Waals surface area contributed by atoms with Gasteiger partial charge in [-0.2, -0.15) is 0 Å². The molecule has 0 saturated heterocycles. The number of hydrogen-bond donors (Lipinski definition) is 0. The summed E-state index contributed by atoms with van der Waals surface area (Å²) in [5, 5.41) is 0. The van der Waals surface area contributed by atoms with Crippen LogP contribution < -0.4 is 0 Å². The van der Waals surface area contributed by atoms with E-state index in [1.165, 1.54) is 29.8 Å². The zero-order valence-corrected chi connectivity index (χ0v) is 22.2. The Morgan fingerprint density at radius 2 is 1.61 bits per heavy atom. The summed E-state index contributed by atoms with van der Waals surface area (Å²) in [6.07, 6.45) is -0.420. The Hall–Kier alpha value is -2.86. The zero-order chi connectivity index (χ0) is 26.2. The molecule has 2 nitrogen and oxygen atoms in total. The van der Waals surface area contributed by atoms with Crippen LogP contribution in [0.3, 0.4) is 0 Å². The largest absolute Gasteiger partial charge is 0.458 e. The summed E-state index contributed by atoms with van der Waals surface area (Å²) in [5.41, 5.74) is 2.37. The maximum absolute atomic E-state index is 15.1. The van der Waals surface area contributed by atoms with E-state index in [4.69, 9.17) is 4.74 Å². The number of esters is 1. The highest BCUT2D eigenvalue weighted by Gasteiger charge is 2.61. The maximum atomic E-state index is 15.1. The van der Waals surface area contributed by atoms with Crippen molar-refractivity contribution in [2.75, 3.05) is 0 Å². The number of carbonyl (C=O) groups is 1. The van der Waals surface area contributed by atoms with Crippen LogP contribution in [0.15, 0.2) is 72.8 Å². The molecule has 1 fully saturated rings. The molecule has 1 aliphatic rings. The molecule has 0 radical (unpaired) electrons. The summed E-state index contributed by atoms with van der Waals surface area (Å²) in [4.78, 5) is 13.1. The molecule has 4 rings (SSSR count). The van der Waals surface area contributed by atoms with Gasteiger partial charge in [0.05, 0.1) is 5.92 Å². The third kappa shape index (κ3) is 5.44. The Balaban J connectivity index is 1.47. The van der Waals surface area contributed by atoms with Gasteiger partial charge in [-0.15, -0.1) is 0 Å². The number of aryl methyl sites for hydroxylation is 1. The van der Waals surface area contributed by atoms with Crippen LogP contribution in [0.5, 0.6) is 0 Å². The van der Waals surface area contributed by atoms with E-state index in [-0.39, 0.29) is 34.3 Å². The molecule has 0 spiro atoms. The van der Waals surface area contributed by atoms with Crippen molar-refractivity contribution in [3.05, 3.63) is 112 Å². The zero-order valence-electron chi connectivity index (χ0n) is 20.6. The SMILES string of the molecule is Cc1ccc(C(Br)=CC2C(C(=O)OC(C)c3ccc(F)c(C(F)c4ccc(F)cc4)c3)C2(C)C)cc1. The molecule has 3 aromatic rings. The molecule has 0 N–H and O–H groups in total. The van der Waals surface area contributed by atoms with Gasteiger partial charge in [-0.25, -0.2) is 13.2 Å². The Kier molecular flexibility index (Phi) is 7.46. The van der Waals surface area contributed by atoms with Crippen molar-refractivity contribution in [3.8, 4) is 0 Å². The molecular formula is C30H28BrF3O2. The van der Waals surface area contributed by atoms with Crippen LogP contribution >= 0.6 is 15.9 Å². The monoisotopic (exact) mass is 556 g/mol. The Bertz CT molecular complexity index is 1280. The van der Waals surface area contributed by atoms with E-state index in [1.54, 1.807) is 6.92 Å². The van der Waals surface area contributed by atoms with Crippen molar-refractivity contribution in [2.45, 2.75) is 40.0 Å². The summed E-state index contributed by atoms with van der Waals surface area (Å²) >= 11 is 3.64. The molecule has 188 valence electrons. The van der Waals surface area contributed by atoms with Gasteiger partial charge < -0.3 is 4.74 Å². The molecule has 4 atom stereocenters. The molecule has 0 aromatic heterocycles. The van der Waals surface area contributed by atoms with Gasteiger partial charge in [0.15, 0.2) is 6.17 Å². The second kappa shape index (κ2) is 10.3. The molecular weight excluding hydrogens is 529 g/mol. The van der Waals surface area contributed by atoms with Crippen molar-refractivity contribution >= 4 is 26.4 Å². The van der Waals surface area contributed by atoms with Crippen LogP contribution in [-0.2, 0) is 9.53 Å². The second-order valence-corrected chi connectivity index (χ2v) is 10.8. The van der Waals surface area contributed by atoms with Crippen LogP contribution in [-0.4, -0.2) is 5.97 Å². The van der Waals surface area contributed by atoms with Gasteiger partial charge in [-0.1, -0.05) is 83.9 Å². The van der Waals surface area contributed by atoms with E-state index in [0.29, 0.717) is 5.56 Å². The van der Waals surface area contributed by atoms with Crippen LogP contribution in [0.2, 0.25) is 0 Å². The predicted molar refractivity (Wildman–Crippen MR) is 139 cm³/mol. The minimum Gasteiger partial charge on any atom is -0.458 e. The van der Waals surface area contributed by atoms with Crippen molar-refractivity contribution in [1.29, 1.82) is 0 Å². The maximum Gasteiger partial charge on any atom is 0.310 e. The van der Waals surface area contributed by atoms with Crippen LogP contribution in [0, 0.1) is 35.8 Å². The Labute approximate surface area is 218 Å². The van der Waals surface area contributed by atoms with Gasteiger partial charge in [0, 0.05) is 10.0 Å². The lowest BCUT2D eigenvalue weighted by molar-refractivity contribution is -0.151. The molecule has 1 aliphatic carbocycles. The lowest BCUT2D eigenvalue weighted by atomic mass is 9.98. The molecule has 0 aliphatic heterocycles. The first-order chi connectivity index (χ1) is 17.0. The van der Waals surface area contributed by atoms with Gasteiger partial charge >= 0.3 is 5.97 Å². The highest BCUT2D eigenvalue weighted by Crippen LogP contribution is 2.60. The van der Waals surface area contributed by atoms with E-state index in [2.05, 4.69) is 15.9 Å². The van der Waals surface area contributed by atoms with Gasteiger partial charge in [0.1, 0.15) is 17.7 Å². The highest BCUT2D eigenvalue weighted by atomic mass is 79.9. The van der Waals surface area contributed by atoms with Crippen molar-refractivity contribution < 1.29 is 22.7 Å². The van der Waals surface area contributed by atoms with E-state index < -0.39 is 23.9 Å². The first kappa shape index (κ1) is 26.2. The molecule has 36 heavy (non-hydrogen) atoms. The van der Waals surface area contributed by atoms with Crippen LogP contribution in [0.4, 0.5) is 13.2 Å². The molecule has 3 aromatic carbocycles. The number of halogens is 4. The molecule has 6 heteroatoms. The number of rotatable bonds is 7. The highest BCUT2D eigenvalue weighted by molar-refractivity contribution is 9.15. The normalized spacial score (nSPS) is 20.5. The average molecular weight is 557 g/mol. The van der Waals surface area contributed by atoms with Crippen molar-refractivity contribution in [1.82, 2.24) is 0 Å². The minimum atomic E-state index is -1.77. The Morgan fingerprint density at radius 1 is 1.00 bits per heavy atom. The Morgan fingerprint density at radius 3 is 2.25 bits per heavy atom. The van der Waals surface area contributed by atoms with E-state index >= 15 is 4.39 Å². The van der Waals surface area contributed by atoms with Gasteiger partial charge in [-0.3, -0.25) is 4.79 Å².